The zero-order chi connectivity index (χ0) is 22.2. The summed E-state index contributed by atoms with van der Waals surface area (Å²) >= 11 is 4.19. The molecule has 3 nitrogen and oxygen atoms in total. The first-order chi connectivity index (χ1) is 13.7. The van der Waals surface area contributed by atoms with E-state index in [1.54, 1.807) is 0 Å². The van der Waals surface area contributed by atoms with E-state index in [1.807, 2.05) is 0 Å². The van der Waals surface area contributed by atoms with Gasteiger partial charge in [0, 0.05) is 0 Å². The van der Waals surface area contributed by atoms with Crippen molar-refractivity contribution in [1.82, 2.24) is 0 Å². The predicted molar refractivity (Wildman–Crippen MR) is 136 cm³/mol. The van der Waals surface area contributed by atoms with Gasteiger partial charge < -0.3 is 0 Å². The van der Waals surface area contributed by atoms with Gasteiger partial charge in [-0.25, -0.2) is 0 Å². The average molecular weight is 494 g/mol. The molecule has 0 bridgehead atoms. The van der Waals surface area contributed by atoms with Gasteiger partial charge in [-0.1, -0.05) is 0 Å². The molecule has 0 rings (SSSR count). The Morgan fingerprint density at radius 2 is 1.10 bits per heavy atom. The molecule has 3 N–H and O–H groups in total. The van der Waals surface area contributed by atoms with Crippen molar-refractivity contribution in [2.75, 3.05) is 44.5 Å². The van der Waals surface area contributed by atoms with Crippen LogP contribution in [0.25, 0.3) is 0 Å². The molecule has 0 heterocycles. The molecule has 0 aliphatic heterocycles. The summed E-state index contributed by atoms with van der Waals surface area (Å²) in [4.78, 5) is 0. The van der Waals surface area contributed by atoms with Gasteiger partial charge in [0.2, 0.25) is 0 Å². The van der Waals surface area contributed by atoms with E-state index in [9.17, 15) is 15.3 Å². The van der Waals surface area contributed by atoms with Crippen LogP contribution in [0.15, 0.2) is 34.9 Å². The molecule has 0 unspecified atom stereocenters. The van der Waals surface area contributed by atoms with Crippen LogP contribution in [0.5, 0.6) is 0 Å². The van der Waals surface area contributed by atoms with E-state index in [4.69, 9.17) is 0 Å². The number of allylic oxidation sites excluding steroid dienone is 6. The molecule has 0 aromatic carbocycles. The Morgan fingerprint density at radius 1 is 0.690 bits per heavy atom. The summed E-state index contributed by atoms with van der Waals surface area (Å²) in [6.07, 6.45) is 17.7. The zero-order valence-electron chi connectivity index (χ0n) is 19.3. The van der Waals surface area contributed by atoms with E-state index in [-0.39, 0.29) is 19.8 Å². The Morgan fingerprint density at radius 3 is 1.52 bits per heavy atom. The van der Waals surface area contributed by atoms with Gasteiger partial charge in [-0.05, 0) is 0 Å². The van der Waals surface area contributed by atoms with Crippen molar-refractivity contribution in [1.29, 1.82) is 0 Å². The standard InChI is InChI=1S/C24H46BrO3P/c1-22(2)10-5-11-23(3)12-6-13-24(4)14-21-29(25,18-7-15-26,19-8-16-27)20-9-17-28/h10,12,14,26-28H,5-9,11,13,15-21H2,1-4H3. The van der Waals surface area contributed by atoms with E-state index >= 15 is 0 Å². The van der Waals surface area contributed by atoms with Gasteiger partial charge in [0.15, 0.2) is 0 Å². The van der Waals surface area contributed by atoms with Gasteiger partial charge in [-0.3, -0.25) is 0 Å². The number of aliphatic hydroxyl groups is 3. The van der Waals surface area contributed by atoms with Gasteiger partial charge >= 0.3 is 188 Å². The zero-order valence-corrected chi connectivity index (χ0v) is 21.8. The molecule has 0 radical (unpaired) electrons. The molecule has 172 valence electrons. The van der Waals surface area contributed by atoms with Crippen molar-refractivity contribution in [2.45, 2.75) is 72.6 Å². The van der Waals surface area contributed by atoms with E-state index in [1.165, 1.54) is 16.7 Å². The van der Waals surface area contributed by atoms with Gasteiger partial charge in [0.25, 0.3) is 0 Å². The summed E-state index contributed by atoms with van der Waals surface area (Å²) in [5.74, 6) is 0. The molecule has 0 spiro atoms. The first-order valence-electron chi connectivity index (χ1n) is 11.2. The average Bonchev–Trinajstić information content (AvgIpc) is 2.68. The summed E-state index contributed by atoms with van der Waals surface area (Å²) in [7, 11) is 0. The fourth-order valence-corrected chi connectivity index (χ4v) is 11.2. The van der Waals surface area contributed by atoms with Crippen LogP contribution < -0.4 is 0 Å². The predicted octanol–water partition coefficient (Wildman–Crippen LogP) is 6.42. The van der Waals surface area contributed by atoms with Crippen LogP contribution in [0.2, 0.25) is 0 Å². The van der Waals surface area contributed by atoms with E-state index in [0.717, 1.165) is 69.6 Å². The quantitative estimate of drug-likeness (QED) is 0.162. The maximum absolute atomic E-state index is 9.41. The van der Waals surface area contributed by atoms with Gasteiger partial charge in [-0.15, -0.1) is 0 Å². The third-order valence-electron chi connectivity index (χ3n) is 5.64. The number of aliphatic hydroxyl groups excluding tert-OH is 3. The summed E-state index contributed by atoms with van der Waals surface area (Å²) in [5, 5.41) is 26.0. The first kappa shape index (κ1) is 29.0. The molecule has 0 aliphatic carbocycles. The Hall–Kier alpha value is 0.01000. The first-order valence-corrected chi connectivity index (χ1v) is 16.2. The fraction of sp³-hybridized carbons (Fsp3) is 0.750. The number of hydrogen-bond acceptors (Lipinski definition) is 3. The van der Waals surface area contributed by atoms with Crippen LogP contribution in [-0.2, 0) is 0 Å². The molecule has 0 saturated carbocycles. The van der Waals surface area contributed by atoms with Crippen LogP contribution in [0.4, 0.5) is 0 Å². The van der Waals surface area contributed by atoms with Gasteiger partial charge in [0.1, 0.15) is 0 Å². The minimum atomic E-state index is -2.27. The van der Waals surface area contributed by atoms with Crippen molar-refractivity contribution in [3.63, 3.8) is 0 Å². The second-order valence-electron chi connectivity index (χ2n) is 8.86. The molecule has 0 atom stereocenters. The Kier molecular flexibility index (Phi) is 15.8. The SMILES string of the molecule is CC(C)=CCCC(C)=CCCC(C)=CCP(Br)(CCCO)(CCCO)CCCO. The van der Waals surface area contributed by atoms with Crippen LogP contribution in [0.1, 0.15) is 72.6 Å². The second kappa shape index (κ2) is 15.8. The van der Waals surface area contributed by atoms with E-state index in [2.05, 4.69) is 61.4 Å². The van der Waals surface area contributed by atoms with E-state index in [0.29, 0.717) is 0 Å². The number of hydrogen-bond donors (Lipinski definition) is 3. The van der Waals surface area contributed by atoms with Gasteiger partial charge in [0.05, 0.1) is 0 Å². The number of rotatable bonds is 17. The second-order valence-corrected chi connectivity index (χ2v) is 20.2. The third kappa shape index (κ3) is 13.8. The van der Waals surface area contributed by atoms with Gasteiger partial charge in [-0.2, -0.15) is 0 Å². The van der Waals surface area contributed by atoms with Crippen molar-refractivity contribution in [3.05, 3.63) is 34.9 Å². The Balaban J connectivity index is 4.99. The molecule has 0 amide bonds. The minimum absolute atomic E-state index is 0.196. The molecular weight excluding hydrogens is 447 g/mol. The van der Waals surface area contributed by atoms with Crippen LogP contribution >= 0.6 is 20.8 Å². The normalized spacial score (nSPS) is 14.6. The molecule has 0 fully saturated rings. The molecule has 0 aromatic rings. The van der Waals surface area contributed by atoms with Crippen LogP contribution in [0.3, 0.4) is 0 Å². The Labute approximate surface area is 188 Å². The summed E-state index contributed by atoms with van der Waals surface area (Å²) in [6.45, 7) is 9.32. The molecule has 0 aliphatic rings. The Bertz CT molecular complexity index is 512. The molecule has 0 aromatic heterocycles. The van der Waals surface area contributed by atoms with Crippen LogP contribution in [0, 0.1) is 0 Å². The molecular formula is C24H46BrO3P. The monoisotopic (exact) mass is 492 g/mol. The van der Waals surface area contributed by atoms with Crippen molar-refractivity contribution < 1.29 is 15.3 Å². The number of halogens is 1. The molecule has 5 heteroatoms. The van der Waals surface area contributed by atoms with Crippen molar-refractivity contribution >= 4 is 20.8 Å². The summed E-state index contributed by atoms with van der Waals surface area (Å²) < 4.78 is 0. The molecule has 29 heavy (non-hydrogen) atoms. The maximum atomic E-state index is 9.41. The molecule has 0 saturated heterocycles. The van der Waals surface area contributed by atoms with Crippen molar-refractivity contribution in [3.8, 4) is 0 Å². The summed E-state index contributed by atoms with van der Waals surface area (Å²) in [5.41, 5.74) is 4.25. The summed E-state index contributed by atoms with van der Waals surface area (Å²) in [6, 6.07) is 0. The van der Waals surface area contributed by atoms with E-state index < -0.39 is 5.31 Å². The topological polar surface area (TPSA) is 60.7 Å². The third-order valence-corrected chi connectivity index (χ3v) is 15.1. The van der Waals surface area contributed by atoms with Crippen LogP contribution in [-0.4, -0.2) is 59.8 Å². The fourth-order valence-electron chi connectivity index (χ4n) is 3.73. The van der Waals surface area contributed by atoms with Crippen molar-refractivity contribution in [2.24, 2.45) is 0 Å².